The molecule has 1 atom stereocenters. The average Bonchev–Trinajstić information content (AvgIpc) is 3.16. The van der Waals surface area contributed by atoms with Gasteiger partial charge in [-0.15, -0.1) is 11.8 Å². The third-order valence-electron chi connectivity index (χ3n) is 4.74. The molecule has 2 aromatic rings. The van der Waals surface area contributed by atoms with E-state index >= 15 is 0 Å². The topological polar surface area (TPSA) is 112 Å². The molecule has 30 heavy (non-hydrogen) atoms. The van der Waals surface area contributed by atoms with Gasteiger partial charge in [0.2, 0.25) is 0 Å². The van der Waals surface area contributed by atoms with Gasteiger partial charge in [0.25, 0.3) is 0 Å². The molecule has 4 bridgehead atoms. The molecule has 0 saturated carbocycles. The number of aryl methyl sites for hydroxylation is 2. The van der Waals surface area contributed by atoms with E-state index in [4.69, 9.17) is 22.5 Å². The minimum Gasteiger partial charge on any atom is -0.279 e. The number of benzene rings is 2. The molecule has 4 rings (SSSR count). The molecule has 1 unspecified atom stereocenters. The predicted molar refractivity (Wildman–Crippen MR) is 123 cm³/mol. The van der Waals surface area contributed by atoms with Gasteiger partial charge in [-0.1, -0.05) is 48.5 Å². The molecule has 0 fully saturated rings. The molecule has 1 spiro atoms. The maximum atomic E-state index is 8.74. The smallest absolute Gasteiger partial charge is 0.279 e. The van der Waals surface area contributed by atoms with Gasteiger partial charge in [0.05, 0.1) is 12.4 Å². The first-order chi connectivity index (χ1) is 14.3. The fourth-order valence-corrected chi connectivity index (χ4v) is 4.47. The van der Waals surface area contributed by atoms with E-state index < -0.39 is 10.4 Å². The van der Waals surface area contributed by atoms with Crippen LogP contribution in [-0.2, 0) is 23.2 Å². The Morgan fingerprint density at radius 3 is 1.80 bits per heavy atom. The van der Waals surface area contributed by atoms with E-state index in [1.807, 2.05) is 24.2 Å². The first-order valence-corrected chi connectivity index (χ1v) is 11.8. The summed E-state index contributed by atoms with van der Waals surface area (Å²) in [5.41, 5.74) is 4.86. The minimum atomic E-state index is -4.67. The number of fused-ring (bicyclic) bond motifs is 4. The number of rotatable bonds is 0. The summed E-state index contributed by atoms with van der Waals surface area (Å²) in [4.78, 5) is 4.90. The lowest BCUT2D eigenvalue weighted by atomic mass is 9.97. The van der Waals surface area contributed by atoms with Crippen LogP contribution in [0.25, 0.3) is 0 Å². The molecule has 2 aromatic carbocycles. The van der Waals surface area contributed by atoms with E-state index in [1.54, 1.807) is 0 Å². The van der Waals surface area contributed by atoms with Gasteiger partial charge >= 0.3 is 10.4 Å². The molecule has 0 saturated heterocycles. The van der Waals surface area contributed by atoms with Crippen LogP contribution in [0, 0.1) is 0 Å². The van der Waals surface area contributed by atoms with Crippen molar-refractivity contribution in [3.8, 4) is 0 Å². The summed E-state index contributed by atoms with van der Waals surface area (Å²) in [5.74, 6) is 1.03. The highest BCUT2D eigenvalue weighted by Crippen LogP contribution is 2.39. The fraction of sp³-hybridized carbons (Fsp3) is 0.286. The van der Waals surface area contributed by atoms with Crippen molar-refractivity contribution in [2.24, 2.45) is 15.2 Å². The Bertz CT molecular complexity index is 998. The van der Waals surface area contributed by atoms with Crippen LogP contribution < -0.4 is 0 Å². The third kappa shape index (κ3) is 7.49. The van der Waals surface area contributed by atoms with Crippen molar-refractivity contribution in [3.63, 3.8) is 0 Å². The van der Waals surface area contributed by atoms with Crippen LogP contribution in [0.4, 0.5) is 0 Å². The predicted octanol–water partition coefficient (Wildman–Crippen LogP) is 3.88. The SMILES string of the molecule is C1=NC2(CCc3cccc(c3)/C=N\N=C\c3cccc(c3)CC2)SC1.O=S(=O)(O)O. The van der Waals surface area contributed by atoms with Crippen LogP contribution in [0.1, 0.15) is 35.1 Å². The van der Waals surface area contributed by atoms with Gasteiger partial charge in [0, 0.05) is 12.0 Å². The zero-order valence-corrected chi connectivity index (χ0v) is 17.9. The van der Waals surface area contributed by atoms with Crippen molar-refractivity contribution in [1.29, 1.82) is 0 Å². The highest BCUT2D eigenvalue weighted by atomic mass is 32.3. The third-order valence-corrected chi connectivity index (χ3v) is 6.11. The molecule has 9 heteroatoms. The summed E-state index contributed by atoms with van der Waals surface area (Å²) in [5, 5.41) is 8.39. The van der Waals surface area contributed by atoms with Crippen LogP contribution in [-0.4, -0.2) is 46.8 Å². The number of hydrogen-bond donors (Lipinski definition) is 2. The Kier molecular flexibility index (Phi) is 7.54. The number of nitrogens with zero attached hydrogens (tertiary/aromatic N) is 3. The monoisotopic (exact) mass is 445 g/mol. The van der Waals surface area contributed by atoms with Gasteiger partial charge in [-0.2, -0.15) is 18.6 Å². The van der Waals surface area contributed by atoms with Gasteiger partial charge in [-0.25, -0.2) is 0 Å². The Morgan fingerprint density at radius 1 is 0.867 bits per heavy atom. The normalized spacial score (nSPS) is 23.0. The first kappa shape index (κ1) is 22.4. The Balaban J connectivity index is 0.000000461. The highest BCUT2D eigenvalue weighted by Gasteiger charge is 2.31. The van der Waals surface area contributed by atoms with Crippen molar-refractivity contribution in [1.82, 2.24) is 0 Å². The summed E-state index contributed by atoms with van der Waals surface area (Å²) in [6.45, 7) is 0. The van der Waals surface area contributed by atoms with E-state index in [9.17, 15) is 0 Å². The largest absolute Gasteiger partial charge is 0.394 e. The van der Waals surface area contributed by atoms with Crippen molar-refractivity contribution in [2.45, 2.75) is 30.6 Å². The second kappa shape index (κ2) is 10.1. The van der Waals surface area contributed by atoms with Crippen LogP contribution in [0.3, 0.4) is 0 Å². The summed E-state index contributed by atoms with van der Waals surface area (Å²) >= 11 is 1.99. The van der Waals surface area contributed by atoms with Gasteiger partial charge in [0.1, 0.15) is 4.87 Å². The molecular weight excluding hydrogens is 422 g/mol. The Hall–Kier alpha value is -2.33. The van der Waals surface area contributed by atoms with Gasteiger partial charge < -0.3 is 0 Å². The van der Waals surface area contributed by atoms with E-state index in [2.05, 4.69) is 64.9 Å². The number of thioether (sulfide) groups is 1. The summed E-state index contributed by atoms with van der Waals surface area (Å²) in [6.07, 6.45) is 9.95. The van der Waals surface area contributed by atoms with E-state index in [0.717, 1.165) is 42.6 Å². The molecule has 158 valence electrons. The molecule has 2 aliphatic heterocycles. The molecule has 0 amide bonds. The summed E-state index contributed by atoms with van der Waals surface area (Å²) in [7, 11) is -4.67. The van der Waals surface area contributed by atoms with E-state index in [0.29, 0.717) is 0 Å². The molecule has 2 heterocycles. The lowest BCUT2D eigenvalue weighted by Gasteiger charge is -2.25. The second-order valence-electron chi connectivity index (χ2n) is 7.00. The highest BCUT2D eigenvalue weighted by molar-refractivity contribution is 8.01. The zero-order valence-electron chi connectivity index (χ0n) is 16.3. The summed E-state index contributed by atoms with van der Waals surface area (Å²) in [6, 6.07) is 17.1. The second-order valence-corrected chi connectivity index (χ2v) is 9.27. The van der Waals surface area contributed by atoms with Crippen molar-refractivity contribution >= 4 is 40.8 Å². The molecule has 0 radical (unpaired) electrons. The van der Waals surface area contributed by atoms with Crippen LogP contribution in [0.5, 0.6) is 0 Å². The summed E-state index contributed by atoms with van der Waals surface area (Å²) < 4.78 is 31.6. The lowest BCUT2D eigenvalue weighted by molar-refractivity contribution is 0.381. The van der Waals surface area contributed by atoms with E-state index in [1.165, 1.54) is 11.1 Å². The molecule has 2 N–H and O–H groups in total. The zero-order chi connectivity index (χ0) is 21.5. The molecule has 7 nitrogen and oxygen atoms in total. The first-order valence-electron chi connectivity index (χ1n) is 9.43. The van der Waals surface area contributed by atoms with Crippen LogP contribution in [0.2, 0.25) is 0 Å². The van der Waals surface area contributed by atoms with Gasteiger partial charge in [0.15, 0.2) is 0 Å². The fourth-order valence-electron chi connectivity index (χ4n) is 3.37. The lowest BCUT2D eigenvalue weighted by Crippen LogP contribution is -2.21. The van der Waals surface area contributed by atoms with Gasteiger partial charge in [-0.05, 0) is 47.9 Å². The molecule has 0 aromatic heterocycles. The van der Waals surface area contributed by atoms with Crippen molar-refractivity contribution in [2.75, 3.05) is 5.75 Å². The average molecular weight is 446 g/mol. The minimum absolute atomic E-state index is 0.0222. The maximum Gasteiger partial charge on any atom is 0.394 e. The quantitative estimate of drug-likeness (QED) is 0.598. The maximum absolute atomic E-state index is 8.74. The molecule has 2 aliphatic rings. The standard InChI is InChI=1S/C21H21N3S.H2O4S/c1-3-17-7-9-21(22-11-12-25-21)10-8-18-4-2-6-20(14-18)16-24-23-15-19(5-1)13-17;1-5(2,3)4/h1-6,11,13-16H,7-10,12H2;(H2,1,2,3,4)/b23-15-,24-16+;. The Labute approximate surface area is 180 Å². The van der Waals surface area contributed by atoms with Crippen molar-refractivity contribution < 1.29 is 17.5 Å². The van der Waals surface area contributed by atoms with Crippen LogP contribution in [0.15, 0.2) is 63.7 Å². The molecular formula is C21H23N3O4S2. The molecule has 0 aliphatic carbocycles. The van der Waals surface area contributed by atoms with Gasteiger partial charge in [-0.3, -0.25) is 14.1 Å². The number of aliphatic imine (C=N–C) groups is 1. The number of hydrogen-bond acceptors (Lipinski definition) is 6. The van der Waals surface area contributed by atoms with E-state index in [-0.39, 0.29) is 4.87 Å². The Morgan fingerprint density at radius 2 is 1.37 bits per heavy atom. The van der Waals surface area contributed by atoms with Crippen LogP contribution >= 0.6 is 11.8 Å². The van der Waals surface area contributed by atoms with Crippen molar-refractivity contribution in [3.05, 3.63) is 70.8 Å².